The summed E-state index contributed by atoms with van der Waals surface area (Å²) < 4.78 is 0. The van der Waals surface area contributed by atoms with Gasteiger partial charge in [0.15, 0.2) is 0 Å². The van der Waals surface area contributed by atoms with E-state index in [1.165, 1.54) is 20.9 Å². The van der Waals surface area contributed by atoms with Crippen molar-refractivity contribution >= 4 is 17.4 Å². The molecule has 0 aliphatic heterocycles. The molecule has 0 aromatic heterocycles. The highest BCUT2D eigenvalue weighted by Gasteiger charge is 2.02. The van der Waals surface area contributed by atoms with E-state index in [4.69, 9.17) is 0 Å². The minimum absolute atomic E-state index is 1.15. The summed E-state index contributed by atoms with van der Waals surface area (Å²) in [4.78, 5) is 2.59. The Bertz CT molecular complexity index is 520. The molecule has 0 unspecified atom stereocenters. The van der Waals surface area contributed by atoms with Crippen molar-refractivity contribution in [2.75, 3.05) is 12.4 Å². The van der Waals surface area contributed by atoms with Crippen LogP contribution in [0.5, 0.6) is 0 Å². The van der Waals surface area contributed by atoms with Gasteiger partial charge in [-0.1, -0.05) is 35.5 Å². The Hall–Kier alpha value is -1.41. The molecule has 0 saturated carbocycles. The van der Waals surface area contributed by atoms with Gasteiger partial charge in [0.1, 0.15) is 0 Å². The molecule has 2 rings (SSSR count). The number of benzene rings is 2. The zero-order valence-corrected chi connectivity index (χ0v) is 11.3. The molecule has 0 aliphatic rings. The lowest BCUT2D eigenvalue weighted by Gasteiger charge is -2.08. The van der Waals surface area contributed by atoms with Crippen molar-refractivity contribution in [3.8, 4) is 0 Å². The van der Waals surface area contributed by atoms with Gasteiger partial charge in [-0.25, -0.2) is 0 Å². The predicted molar refractivity (Wildman–Crippen MR) is 76.0 cm³/mol. The third-order valence-corrected chi connectivity index (χ3v) is 3.85. The van der Waals surface area contributed by atoms with Gasteiger partial charge in [-0.2, -0.15) is 0 Å². The molecule has 0 atom stereocenters. The van der Waals surface area contributed by atoms with Gasteiger partial charge >= 0.3 is 0 Å². The summed E-state index contributed by atoms with van der Waals surface area (Å²) in [5, 5.41) is 3.16. The summed E-state index contributed by atoms with van der Waals surface area (Å²) in [6.07, 6.45) is 0. The second-order valence-corrected chi connectivity index (χ2v) is 5.26. The Morgan fingerprint density at radius 1 is 1.00 bits per heavy atom. The highest BCUT2D eigenvalue weighted by molar-refractivity contribution is 7.99. The number of rotatable bonds is 3. The predicted octanol–water partition coefficient (Wildman–Crippen LogP) is 4.50. The Kier molecular flexibility index (Phi) is 3.75. The summed E-state index contributed by atoms with van der Waals surface area (Å²) >= 11 is 1.81. The number of aryl methyl sites for hydroxylation is 2. The van der Waals surface area contributed by atoms with Crippen LogP contribution in [0.15, 0.2) is 52.3 Å². The van der Waals surface area contributed by atoms with Crippen molar-refractivity contribution in [2.45, 2.75) is 23.6 Å². The van der Waals surface area contributed by atoms with E-state index in [0.717, 1.165) is 5.69 Å². The zero-order chi connectivity index (χ0) is 12.3. The average Bonchev–Trinajstić information content (AvgIpc) is 2.33. The third kappa shape index (κ3) is 3.04. The van der Waals surface area contributed by atoms with Gasteiger partial charge in [0.2, 0.25) is 0 Å². The molecule has 0 saturated heterocycles. The molecule has 2 heteroatoms. The van der Waals surface area contributed by atoms with Crippen molar-refractivity contribution in [1.82, 2.24) is 0 Å². The van der Waals surface area contributed by atoms with E-state index in [1.807, 2.05) is 18.8 Å². The number of hydrogen-bond donors (Lipinski definition) is 1. The summed E-state index contributed by atoms with van der Waals surface area (Å²) in [6, 6.07) is 15.1. The molecular formula is C15H17NS. The van der Waals surface area contributed by atoms with E-state index in [0.29, 0.717) is 0 Å². The highest BCUT2D eigenvalue weighted by atomic mass is 32.2. The van der Waals surface area contributed by atoms with Crippen molar-refractivity contribution in [1.29, 1.82) is 0 Å². The Labute approximate surface area is 107 Å². The first kappa shape index (κ1) is 12.1. The maximum absolute atomic E-state index is 3.16. The first-order valence-electron chi connectivity index (χ1n) is 5.72. The highest BCUT2D eigenvalue weighted by Crippen LogP contribution is 2.31. The van der Waals surface area contributed by atoms with Crippen LogP contribution in [0, 0.1) is 13.8 Å². The monoisotopic (exact) mass is 243 g/mol. The lowest BCUT2D eigenvalue weighted by molar-refractivity contribution is 1.26. The summed E-state index contributed by atoms with van der Waals surface area (Å²) in [6.45, 7) is 4.29. The van der Waals surface area contributed by atoms with E-state index in [9.17, 15) is 0 Å². The Morgan fingerprint density at radius 3 is 2.53 bits per heavy atom. The molecule has 2 aromatic rings. The topological polar surface area (TPSA) is 12.0 Å². The van der Waals surface area contributed by atoms with Gasteiger partial charge < -0.3 is 5.32 Å². The van der Waals surface area contributed by atoms with Crippen LogP contribution < -0.4 is 5.32 Å². The Balaban J connectivity index is 2.25. The SMILES string of the molecule is CNc1cccc(Sc2ccc(C)cc2C)c1. The van der Waals surface area contributed by atoms with Crippen molar-refractivity contribution < 1.29 is 0 Å². The van der Waals surface area contributed by atoms with Crippen molar-refractivity contribution in [3.05, 3.63) is 53.6 Å². The summed E-state index contributed by atoms with van der Waals surface area (Å²) in [5.74, 6) is 0. The second-order valence-electron chi connectivity index (χ2n) is 4.15. The van der Waals surface area contributed by atoms with Gasteiger partial charge in [-0.3, -0.25) is 0 Å². The largest absolute Gasteiger partial charge is 0.388 e. The summed E-state index contributed by atoms with van der Waals surface area (Å²) in [5.41, 5.74) is 3.81. The normalized spacial score (nSPS) is 10.3. The fraction of sp³-hybridized carbons (Fsp3) is 0.200. The van der Waals surface area contributed by atoms with Gasteiger partial charge in [-0.05, 0) is 43.7 Å². The lowest BCUT2D eigenvalue weighted by Crippen LogP contribution is -1.87. The molecule has 2 aromatic carbocycles. The van der Waals surface area contributed by atoms with E-state index in [2.05, 4.69) is 61.6 Å². The molecule has 0 radical (unpaired) electrons. The van der Waals surface area contributed by atoms with Crippen LogP contribution in [0.1, 0.15) is 11.1 Å². The zero-order valence-electron chi connectivity index (χ0n) is 10.4. The van der Waals surface area contributed by atoms with Crippen molar-refractivity contribution in [3.63, 3.8) is 0 Å². The van der Waals surface area contributed by atoms with Crippen LogP contribution >= 0.6 is 11.8 Å². The van der Waals surface area contributed by atoms with Gasteiger partial charge in [-0.15, -0.1) is 0 Å². The fourth-order valence-electron chi connectivity index (χ4n) is 1.76. The van der Waals surface area contributed by atoms with Gasteiger partial charge in [0, 0.05) is 22.5 Å². The quantitative estimate of drug-likeness (QED) is 0.852. The second kappa shape index (κ2) is 5.28. The summed E-state index contributed by atoms with van der Waals surface area (Å²) in [7, 11) is 1.95. The van der Waals surface area contributed by atoms with Crippen LogP contribution in [0.2, 0.25) is 0 Å². The molecule has 88 valence electrons. The Morgan fingerprint density at radius 2 is 1.82 bits per heavy atom. The average molecular weight is 243 g/mol. The maximum atomic E-state index is 3.16. The van der Waals surface area contributed by atoms with Crippen LogP contribution in [-0.4, -0.2) is 7.05 Å². The number of anilines is 1. The van der Waals surface area contributed by atoms with E-state index >= 15 is 0 Å². The molecule has 0 spiro atoms. The van der Waals surface area contributed by atoms with E-state index in [1.54, 1.807) is 0 Å². The van der Waals surface area contributed by atoms with Crippen LogP contribution in [0.4, 0.5) is 5.69 Å². The van der Waals surface area contributed by atoms with Gasteiger partial charge in [0.05, 0.1) is 0 Å². The molecule has 17 heavy (non-hydrogen) atoms. The minimum atomic E-state index is 1.15. The molecular weight excluding hydrogens is 226 g/mol. The van der Waals surface area contributed by atoms with Gasteiger partial charge in [0.25, 0.3) is 0 Å². The third-order valence-electron chi connectivity index (χ3n) is 2.68. The molecule has 0 aliphatic carbocycles. The first-order chi connectivity index (χ1) is 8.19. The molecule has 0 heterocycles. The fourth-order valence-corrected chi connectivity index (χ4v) is 2.70. The molecule has 1 nitrogen and oxygen atoms in total. The number of hydrogen-bond acceptors (Lipinski definition) is 2. The van der Waals surface area contributed by atoms with Crippen LogP contribution in [0.3, 0.4) is 0 Å². The molecule has 0 amide bonds. The van der Waals surface area contributed by atoms with E-state index in [-0.39, 0.29) is 0 Å². The van der Waals surface area contributed by atoms with E-state index < -0.39 is 0 Å². The lowest BCUT2D eigenvalue weighted by atomic mass is 10.2. The molecule has 0 bridgehead atoms. The van der Waals surface area contributed by atoms with Crippen LogP contribution in [0.25, 0.3) is 0 Å². The minimum Gasteiger partial charge on any atom is -0.388 e. The van der Waals surface area contributed by atoms with Crippen LogP contribution in [-0.2, 0) is 0 Å². The smallest absolute Gasteiger partial charge is 0.0348 e. The number of nitrogens with one attached hydrogen (secondary N) is 1. The maximum Gasteiger partial charge on any atom is 0.0348 e. The van der Waals surface area contributed by atoms with Crippen molar-refractivity contribution in [2.24, 2.45) is 0 Å². The first-order valence-corrected chi connectivity index (χ1v) is 6.53. The molecule has 0 fully saturated rings. The molecule has 1 N–H and O–H groups in total. The standard InChI is InChI=1S/C15H17NS/c1-11-7-8-15(12(2)9-11)17-14-6-4-5-13(10-14)16-3/h4-10,16H,1-3H3.